The van der Waals surface area contributed by atoms with Crippen LogP contribution >= 0.6 is 11.3 Å². The van der Waals surface area contributed by atoms with Gasteiger partial charge in [-0.25, -0.2) is 0 Å². The molecule has 1 N–H and O–H groups in total. The molecule has 1 aromatic heterocycles. The largest absolute Gasteiger partial charge is 0.486 e. The first kappa shape index (κ1) is 17.8. The quantitative estimate of drug-likeness (QED) is 0.842. The highest BCUT2D eigenvalue weighted by Crippen LogP contribution is 2.31. The van der Waals surface area contributed by atoms with Gasteiger partial charge in [-0.2, -0.15) is 0 Å². The molecule has 0 saturated carbocycles. The van der Waals surface area contributed by atoms with Gasteiger partial charge in [-0.15, -0.1) is 11.3 Å². The van der Waals surface area contributed by atoms with Gasteiger partial charge in [0.15, 0.2) is 11.5 Å². The van der Waals surface area contributed by atoms with Gasteiger partial charge >= 0.3 is 0 Å². The van der Waals surface area contributed by atoms with Crippen LogP contribution in [0.15, 0.2) is 35.7 Å². The molecular formula is C20H26N2O3S. The molecule has 6 heteroatoms. The van der Waals surface area contributed by atoms with Crippen LogP contribution in [0.3, 0.4) is 0 Å². The monoisotopic (exact) mass is 374 g/mol. The van der Waals surface area contributed by atoms with E-state index in [0.717, 1.165) is 50.6 Å². The number of thiophene rings is 1. The number of aliphatic hydroxyl groups excluding tert-OH is 1. The Morgan fingerprint density at radius 1 is 1.08 bits per heavy atom. The molecule has 3 heterocycles. The summed E-state index contributed by atoms with van der Waals surface area (Å²) in [4.78, 5) is 6.40. The van der Waals surface area contributed by atoms with E-state index in [1.54, 1.807) is 0 Å². The fourth-order valence-corrected chi connectivity index (χ4v) is 4.51. The van der Waals surface area contributed by atoms with Crippen LogP contribution in [0.5, 0.6) is 11.5 Å². The predicted octanol–water partition coefficient (Wildman–Crippen LogP) is 2.59. The van der Waals surface area contributed by atoms with E-state index in [4.69, 9.17) is 9.47 Å². The van der Waals surface area contributed by atoms with Crippen LogP contribution in [0, 0.1) is 0 Å². The maximum Gasteiger partial charge on any atom is 0.161 e. The minimum absolute atomic E-state index is 0.240. The number of fused-ring (bicyclic) bond motifs is 1. The topological polar surface area (TPSA) is 45.2 Å². The predicted molar refractivity (Wildman–Crippen MR) is 103 cm³/mol. The van der Waals surface area contributed by atoms with Crippen LogP contribution in [0.25, 0.3) is 0 Å². The first-order valence-corrected chi connectivity index (χ1v) is 10.2. The maximum atomic E-state index is 9.50. The van der Waals surface area contributed by atoms with Gasteiger partial charge in [-0.1, -0.05) is 12.1 Å². The summed E-state index contributed by atoms with van der Waals surface area (Å²) in [6.07, 6.45) is 0.822. The number of nitrogens with zero attached hydrogens (tertiary/aromatic N) is 2. The molecule has 140 valence electrons. The lowest BCUT2D eigenvalue weighted by atomic mass is 10.1. The van der Waals surface area contributed by atoms with Crippen LogP contribution < -0.4 is 9.47 Å². The third kappa shape index (κ3) is 4.20. The number of hydrogen-bond acceptors (Lipinski definition) is 6. The van der Waals surface area contributed by atoms with E-state index in [-0.39, 0.29) is 6.61 Å². The molecule has 1 fully saturated rings. The Morgan fingerprint density at radius 3 is 2.77 bits per heavy atom. The van der Waals surface area contributed by atoms with E-state index in [0.29, 0.717) is 19.3 Å². The van der Waals surface area contributed by atoms with Crippen molar-refractivity contribution in [3.63, 3.8) is 0 Å². The number of aliphatic hydroxyl groups is 1. The van der Waals surface area contributed by atoms with Gasteiger partial charge in [0.25, 0.3) is 0 Å². The third-order valence-corrected chi connectivity index (χ3v) is 5.96. The highest BCUT2D eigenvalue weighted by Gasteiger charge is 2.27. The van der Waals surface area contributed by atoms with Gasteiger partial charge in [-0.3, -0.25) is 9.80 Å². The van der Waals surface area contributed by atoms with E-state index < -0.39 is 0 Å². The molecule has 0 aliphatic carbocycles. The number of hydrogen-bond donors (Lipinski definition) is 1. The zero-order valence-electron chi connectivity index (χ0n) is 15.0. The van der Waals surface area contributed by atoms with Crippen molar-refractivity contribution in [3.8, 4) is 11.5 Å². The molecule has 2 aliphatic rings. The van der Waals surface area contributed by atoms with Crippen molar-refractivity contribution in [2.24, 2.45) is 0 Å². The van der Waals surface area contributed by atoms with Crippen LogP contribution in [0.2, 0.25) is 0 Å². The van der Waals surface area contributed by atoms with E-state index in [1.807, 2.05) is 17.4 Å². The minimum Gasteiger partial charge on any atom is -0.486 e. The van der Waals surface area contributed by atoms with Gasteiger partial charge in [0.2, 0.25) is 0 Å². The van der Waals surface area contributed by atoms with E-state index in [2.05, 4.69) is 39.4 Å². The van der Waals surface area contributed by atoms with Crippen LogP contribution in [-0.4, -0.2) is 60.4 Å². The van der Waals surface area contributed by atoms with Crippen molar-refractivity contribution in [3.05, 3.63) is 46.2 Å². The van der Waals surface area contributed by atoms with E-state index in [9.17, 15) is 5.11 Å². The normalized spacial score (nSPS) is 21.0. The summed E-state index contributed by atoms with van der Waals surface area (Å²) < 4.78 is 11.3. The second-order valence-corrected chi connectivity index (χ2v) is 7.96. The fourth-order valence-electron chi connectivity index (χ4n) is 3.78. The van der Waals surface area contributed by atoms with Crippen molar-refractivity contribution < 1.29 is 14.6 Å². The molecule has 0 bridgehead atoms. The van der Waals surface area contributed by atoms with Crippen molar-refractivity contribution in [1.29, 1.82) is 0 Å². The zero-order valence-corrected chi connectivity index (χ0v) is 15.8. The number of benzene rings is 1. The van der Waals surface area contributed by atoms with Gasteiger partial charge in [0.05, 0.1) is 0 Å². The molecular weight excluding hydrogens is 348 g/mol. The number of piperazine rings is 1. The standard InChI is InChI=1S/C20H26N2O3S/c23-8-5-17-14-21(6-7-22(17)15-18-2-1-11-26-18)13-16-3-4-19-20(12-16)25-10-9-24-19/h1-4,11-12,17,23H,5-10,13-15H2/t17-/m1/s1. The second-order valence-electron chi connectivity index (χ2n) is 6.93. The van der Waals surface area contributed by atoms with Gasteiger partial charge in [-0.05, 0) is 35.6 Å². The molecule has 1 aromatic carbocycles. The molecule has 0 radical (unpaired) electrons. The summed E-state index contributed by atoms with van der Waals surface area (Å²) in [6, 6.07) is 11.0. The average Bonchev–Trinajstić information content (AvgIpc) is 3.17. The Morgan fingerprint density at radius 2 is 1.96 bits per heavy atom. The van der Waals surface area contributed by atoms with Crippen molar-refractivity contribution in [2.75, 3.05) is 39.5 Å². The minimum atomic E-state index is 0.240. The first-order valence-electron chi connectivity index (χ1n) is 9.30. The lowest BCUT2D eigenvalue weighted by Gasteiger charge is -2.41. The molecule has 1 atom stereocenters. The SMILES string of the molecule is OCC[C@@H]1CN(Cc2ccc3c(c2)OCCO3)CCN1Cc1cccs1. The summed E-state index contributed by atoms with van der Waals surface area (Å²) in [6.45, 7) is 6.45. The molecule has 0 unspecified atom stereocenters. The molecule has 26 heavy (non-hydrogen) atoms. The molecule has 1 saturated heterocycles. The molecule has 2 aliphatic heterocycles. The molecule has 0 spiro atoms. The Labute approximate surface area is 158 Å². The van der Waals surface area contributed by atoms with Crippen molar-refractivity contribution in [1.82, 2.24) is 9.80 Å². The molecule has 4 rings (SSSR count). The highest BCUT2D eigenvalue weighted by molar-refractivity contribution is 7.09. The third-order valence-electron chi connectivity index (χ3n) is 5.10. The number of ether oxygens (including phenoxy) is 2. The average molecular weight is 375 g/mol. The maximum absolute atomic E-state index is 9.50. The van der Waals surface area contributed by atoms with E-state index in [1.165, 1.54) is 10.4 Å². The lowest BCUT2D eigenvalue weighted by molar-refractivity contribution is 0.0506. The smallest absolute Gasteiger partial charge is 0.161 e. The summed E-state index contributed by atoms with van der Waals surface area (Å²) in [5.41, 5.74) is 1.25. The summed E-state index contributed by atoms with van der Waals surface area (Å²) in [7, 11) is 0. The van der Waals surface area contributed by atoms with Crippen LogP contribution in [-0.2, 0) is 13.1 Å². The van der Waals surface area contributed by atoms with Crippen molar-refractivity contribution in [2.45, 2.75) is 25.6 Å². The molecule has 2 aromatic rings. The Bertz CT molecular complexity index is 707. The van der Waals surface area contributed by atoms with Gasteiger partial charge in [0, 0.05) is 50.2 Å². The summed E-state index contributed by atoms with van der Waals surface area (Å²) in [5, 5.41) is 11.6. The zero-order chi connectivity index (χ0) is 17.8. The molecule has 5 nitrogen and oxygen atoms in total. The van der Waals surface area contributed by atoms with Gasteiger partial charge < -0.3 is 14.6 Å². The van der Waals surface area contributed by atoms with E-state index >= 15 is 0 Å². The van der Waals surface area contributed by atoms with Crippen molar-refractivity contribution >= 4 is 11.3 Å². The van der Waals surface area contributed by atoms with Crippen LogP contribution in [0.1, 0.15) is 16.9 Å². The highest BCUT2D eigenvalue weighted by atomic mass is 32.1. The summed E-state index contributed by atoms with van der Waals surface area (Å²) >= 11 is 1.81. The molecule has 0 amide bonds. The number of rotatable bonds is 6. The summed E-state index contributed by atoms with van der Waals surface area (Å²) in [5.74, 6) is 1.70. The van der Waals surface area contributed by atoms with Gasteiger partial charge in [0.1, 0.15) is 13.2 Å². The fraction of sp³-hybridized carbons (Fsp3) is 0.500. The Hall–Kier alpha value is -1.60. The Balaban J connectivity index is 1.39. The first-order chi connectivity index (χ1) is 12.8. The van der Waals surface area contributed by atoms with Crippen LogP contribution in [0.4, 0.5) is 0 Å². The Kier molecular flexibility index (Phi) is 5.75. The lowest BCUT2D eigenvalue weighted by Crippen LogP contribution is -2.52. The second kappa shape index (κ2) is 8.39.